The van der Waals surface area contributed by atoms with Gasteiger partial charge >= 0.3 is 0 Å². The Bertz CT molecular complexity index is 266. The molecule has 1 heterocycles. The van der Waals surface area contributed by atoms with Crippen molar-refractivity contribution in [3.63, 3.8) is 0 Å². The number of aromatic nitrogens is 2. The molecule has 14 heavy (non-hydrogen) atoms. The second-order valence-corrected chi connectivity index (χ2v) is 3.67. The van der Waals surface area contributed by atoms with Crippen LogP contribution in [0.4, 0.5) is 0 Å². The maximum atomic E-state index is 9.49. The summed E-state index contributed by atoms with van der Waals surface area (Å²) in [6.07, 6.45) is 1.69. The summed E-state index contributed by atoms with van der Waals surface area (Å²) in [6.45, 7) is 7.17. The van der Waals surface area contributed by atoms with Gasteiger partial charge in [0.1, 0.15) is 5.60 Å². The van der Waals surface area contributed by atoms with Gasteiger partial charge in [-0.1, -0.05) is 19.0 Å². The highest BCUT2D eigenvalue weighted by molar-refractivity contribution is 7.79. The number of nitrogens with zero attached hydrogens (tertiary/aromatic N) is 2. The zero-order valence-corrected chi connectivity index (χ0v) is 10.2. The predicted molar refractivity (Wildman–Crippen MR) is 58.5 cm³/mol. The molecule has 0 amide bonds. The number of hydrogen-bond acceptors (Lipinski definition) is 5. The van der Waals surface area contributed by atoms with Gasteiger partial charge in [0.15, 0.2) is 5.82 Å². The molecule has 0 radical (unpaired) electrons. The predicted octanol–water partition coefficient (Wildman–Crippen LogP) is 1.97. The molecule has 0 aromatic carbocycles. The van der Waals surface area contributed by atoms with Crippen molar-refractivity contribution in [1.82, 2.24) is 10.1 Å². The van der Waals surface area contributed by atoms with Crippen LogP contribution in [0, 0.1) is 0 Å². The van der Waals surface area contributed by atoms with Crippen molar-refractivity contribution in [3.8, 4) is 0 Å². The maximum absolute atomic E-state index is 9.49. The third kappa shape index (κ3) is 3.67. The van der Waals surface area contributed by atoms with Crippen LogP contribution in [0.25, 0.3) is 0 Å². The van der Waals surface area contributed by atoms with Crippen LogP contribution in [0.5, 0.6) is 0 Å². The van der Waals surface area contributed by atoms with Crippen molar-refractivity contribution in [3.05, 3.63) is 11.7 Å². The molecule has 4 nitrogen and oxygen atoms in total. The van der Waals surface area contributed by atoms with Crippen LogP contribution in [0.2, 0.25) is 0 Å². The lowest BCUT2D eigenvalue weighted by Gasteiger charge is -2.09. The van der Waals surface area contributed by atoms with Crippen molar-refractivity contribution in [2.45, 2.75) is 39.2 Å². The molecular weight excluding hydrogens is 200 g/mol. The van der Waals surface area contributed by atoms with Gasteiger partial charge in [0.05, 0.1) is 0 Å². The van der Waals surface area contributed by atoms with Gasteiger partial charge in [0, 0.05) is 5.92 Å². The van der Waals surface area contributed by atoms with E-state index in [4.69, 9.17) is 4.52 Å². The Morgan fingerprint density at radius 3 is 2.07 bits per heavy atom. The van der Waals surface area contributed by atoms with Crippen LogP contribution >= 0.6 is 12.6 Å². The van der Waals surface area contributed by atoms with Gasteiger partial charge in [-0.2, -0.15) is 17.6 Å². The van der Waals surface area contributed by atoms with Crippen LogP contribution in [-0.2, 0) is 5.60 Å². The standard InChI is InChI=1S/C8H14N2O2.CH4S/c1-5(2)6-9-7(12-10-6)8(3,4)11;1-2/h5,11H,1-4H3;2H,1H3. The molecule has 0 aliphatic heterocycles. The van der Waals surface area contributed by atoms with Crippen molar-refractivity contribution in [2.75, 3.05) is 6.26 Å². The molecule has 0 bridgehead atoms. The molecule has 0 unspecified atom stereocenters. The third-order valence-electron chi connectivity index (χ3n) is 1.48. The zero-order valence-electron chi connectivity index (χ0n) is 9.27. The fraction of sp³-hybridized carbons (Fsp3) is 0.778. The van der Waals surface area contributed by atoms with Crippen LogP contribution in [-0.4, -0.2) is 21.5 Å². The monoisotopic (exact) mass is 218 g/mol. The molecule has 5 heteroatoms. The fourth-order valence-corrected chi connectivity index (χ4v) is 0.718. The van der Waals surface area contributed by atoms with E-state index in [1.54, 1.807) is 20.1 Å². The first-order valence-corrected chi connectivity index (χ1v) is 5.32. The molecule has 0 spiro atoms. The van der Waals surface area contributed by atoms with E-state index in [0.29, 0.717) is 5.82 Å². The number of thiol groups is 1. The molecule has 82 valence electrons. The molecule has 0 atom stereocenters. The van der Waals surface area contributed by atoms with Crippen molar-refractivity contribution in [2.24, 2.45) is 0 Å². The van der Waals surface area contributed by atoms with Crippen LogP contribution < -0.4 is 0 Å². The van der Waals surface area contributed by atoms with E-state index >= 15 is 0 Å². The average Bonchev–Trinajstić information content (AvgIpc) is 2.54. The Morgan fingerprint density at radius 1 is 1.36 bits per heavy atom. The van der Waals surface area contributed by atoms with Gasteiger partial charge in [-0.3, -0.25) is 0 Å². The third-order valence-corrected chi connectivity index (χ3v) is 1.48. The highest BCUT2D eigenvalue weighted by atomic mass is 32.1. The quantitative estimate of drug-likeness (QED) is 0.745. The lowest BCUT2D eigenvalue weighted by atomic mass is 10.1. The Morgan fingerprint density at radius 2 is 1.86 bits per heavy atom. The smallest absolute Gasteiger partial charge is 0.258 e. The minimum absolute atomic E-state index is 0.227. The summed E-state index contributed by atoms with van der Waals surface area (Å²) in [5.41, 5.74) is -1.04. The minimum Gasteiger partial charge on any atom is -0.381 e. The normalized spacial score (nSPS) is 11.1. The van der Waals surface area contributed by atoms with Crippen molar-refractivity contribution < 1.29 is 9.63 Å². The average molecular weight is 218 g/mol. The topological polar surface area (TPSA) is 59.2 Å². The van der Waals surface area contributed by atoms with E-state index in [2.05, 4.69) is 22.8 Å². The van der Waals surface area contributed by atoms with Crippen molar-refractivity contribution in [1.29, 1.82) is 0 Å². The lowest BCUT2D eigenvalue weighted by molar-refractivity contribution is 0.0420. The Labute approximate surface area is 90.1 Å². The van der Waals surface area contributed by atoms with E-state index in [-0.39, 0.29) is 11.8 Å². The van der Waals surface area contributed by atoms with Crippen LogP contribution in [0.15, 0.2) is 4.52 Å². The van der Waals surface area contributed by atoms with E-state index in [1.165, 1.54) is 0 Å². The second kappa shape index (κ2) is 5.36. The Balaban J connectivity index is 0.000000791. The summed E-state index contributed by atoms with van der Waals surface area (Å²) in [4.78, 5) is 4.05. The van der Waals surface area contributed by atoms with Gasteiger partial charge in [0.25, 0.3) is 5.89 Å². The summed E-state index contributed by atoms with van der Waals surface area (Å²) in [7, 11) is 0. The summed E-state index contributed by atoms with van der Waals surface area (Å²) in [6, 6.07) is 0. The van der Waals surface area contributed by atoms with Crippen molar-refractivity contribution >= 4 is 12.6 Å². The first-order valence-electron chi connectivity index (χ1n) is 4.42. The van der Waals surface area contributed by atoms with Gasteiger partial charge in [-0.15, -0.1) is 0 Å². The molecule has 0 aliphatic carbocycles. The van der Waals surface area contributed by atoms with E-state index < -0.39 is 5.60 Å². The SMILES string of the molecule is CC(C)c1noc(C(C)(C)O)n1.CS. The highest BCUT2D eigenvalue weighted by Gasteiger charge is 2.24. The maximum Gasteiger partial charge on any atom is 0.258 e. The van der Waals surface area contributed by atoms with E-state index in [0.717, 1.165) is 0 Å². The zero-order chi connectivity index (χ0) is 11.4. The van der Waals surface area contributed by atoms with Gasteiger partial charge < -0.3 is 9.63 Å². The molecular formula is C9H18N2O2S. The van der Waals surface area contributed by atoms with Crippen LogP contribution in [0.1, 0.15) is 45.3 Å². The molecule has 0 saturated heterocycles. The molecule has 0 aliphatic rings. The second-order valence-electron chi connectivity index (χ2n) is 3.67. The lowest BCUT2D eigenvalue weighted by Crippen LogP contribution is -2.15. The Hall–Kier alpha value is -0.550. The molecule has 0 saturated carbocycles. The molecule has 1 rings (SSSR count). The minimum atomic E-state index is -1.04. The Kier molecular flexibility index (Phi) is 5.15. The summed E-state index contributed by atoms with van der Waals surface area (Å²) in [5, 5.41) is 13.2. The molecule has 1 N–H and O–H groups in total. The fourth-order valence-electron chi connectivity index (χ4n) is 0.718. The number of aliphatic hydroxyl groups is 1. The largest absolute Gasteiger partial charge is 0.381 e. The molecule has 1 aromatic heterocycles. The number of hydrogen-bond donors (Lipinski definition) is 2. The van der Waals surface area contributed by atoms with E-state index in [9.17, 15) is 5.11 Å². The first kappa shape index (κ1) is 13.4. The summed E-state index contributed by atoms with van der Waals surface area (Å²) in [5.74, 6) is 1.13. The first-order chi connectivity index (χ1) is 6.41. The highest BCUT2D eigenvalue weighted by Crippen LogP contribution is 2.19. The molecule has 1 aromatic rings. The van der Waals surface area contributed by atoms with Gasteiger partial charge in [-0.25, -0.2) is 0 Å². The summed E-state index contributed by atoms with van der Waals surface area (Å²) >= 11 is 3.53. The van der Waals surface area contributed by atoms with Crippen LogP contribution in [0.3, 0.4) is 0 Å². The number of rotatable bonds is 2. The van der Waals surface area contributed by atoms with Gasteiger partial charge in [-0.05, 0) is 20.1 Å². The summed E-state index contributed by atoms with van der Waals surface area (Å²) < 4.78 is 4.88. The van der Waals surface area contributed by atoms with E-state index in [1.807, 2.05) is 13.8 Å². The molecule has 0 fully saturated rings. The van der Waals surface area contributed by atoms with Gasteiger partial charge in [0.2, 0.25) is 0 Å².